The van der Waals surface area contributed by atoms with E-state index in [0.29, 0.717) is 16.7 Å². The maximum atomic E-state index is 13.6. The number of methoxy groups -OCH3 is 1. The van der Waals surface area contributed by atoms with Crippen molar-refractivity contribution in [2.45, 2.75) is 24.7 Å². The van der Waals surface area contributed by atoms with E-state index < -0.39 is 23.7 Å². The molecule has 8 heteroatoms. The molecule has 35 heavy (non-hydrogen) atoms. The van der Waals surface area contributed by atoms with Crippen LogP contribution in [0.3, 0.4) is 0 Å². The maximum Gasteiger partial charge on any atom is 0.416 e. The van der Waals surface area contributed by atoms with Gasteiger partial charge >= 0.3 is 6.18 Å². The van der Waals surface area contributed by atoms with Gasteiger partial charge in [-0.1, -0.05) is 60.7 Å². The van der Waals surface area contributed by atoms with Crippen LogP contribution in [0.25, 0.3) is 0 Å². The highest BCUT2D eigenvalue weighted by Crippen LogP contribution is 2.42. The molecule has 3 aromatic rings. The minimum Gasteiger partial charge on any atom is -0.383 e. The van der Waals surface area contributed by atoms with Crippen molar-refractivity contribution in [3.63, 3.8) is 0 Å². The first kappa shape index (κ1) is 24.5. The van der Waals surface area contributed by atoms with E-state index in [1.165, 1.54) is 12.1 Å². The second kappa shape index (κ2) is 10.3. The Balaban J connectivity index is 1.70. The van der Waals surface area contributed by atoms with Crippen LogP contribution in [0.15, 0.2) is 78.9 Å². The second-order valence-corrected chi connectivity index (χ2v) is 8.33. The maximum absolute atomic E-state index is 13.6. The van der Waals surface area contributed by atoms with Gasteiger partial charge in [-0.2, -0.15) is 13.2 Å². The van der Waals surface area contributed by atoms with E-state index >= 15 is 0 Å². The molecule has 0 aliphatic carbocycles. The van der Waals surface area contributed by atoms with Crippen LogP contribution in [0.4, 0.5) is 13.2 Å². The predicted molar refractivity (Wildman–Crippen MR) is 125 cm³/mol. The second-order valence-electron chi connectivity index (χ2n) is 8.33. The zero-order chi connectivity index (χ0) is 25.0. The number of alkyl halides is 3. The molecule has 2 amide bonds. The number of amides is 2. The molecule has 0 bridgehead atoms. The Hall–Kier alpha value is -3.65. The van der Waals surface area contributed by atoms with Gasteiger partial charge in [-0.3, -0.25) is 9.59 Å². The molecule has 4 rings (SSSR count). The lowest BCUT2D eigenvalue weighted by molar-refractivity contribution is -0.137. The molecule has 1 aliphatic heterocycles. The molecule has 5 nitrogen and oxygen atoms in total. The lowest BCUT2D eigenvalue weighted by atomic mass is 9.79. The lowest BCUT2D eigenvalue weighted by Crippen LogP contribution is -2.48. The largest absolute Gasteiger partial charge is 0.416 e. The lowest BCUT2D eigenvalue weighted by Gasteiger charge is -2.41. The Morgan fingerprint density at radius 1 is 1.00 bits per heavy atom. The molecule has 1 N–H and O–H groups in total. The highest BCUT2D eigenvalue weighted by Gasteiger charge is 2.43. The fourth-order valence-corrected chi connectivity index (χ4v) is 4.49. The summed E-state index contributed by atoms with van der Waals surface area (Å²) in [6.07, 6.45) is -4.47. The van der Waals surface area contributed by atoms with Gasteiger partial charge in [0.2, 0.25) is 5.91 Å². The number of halogens is 3. The summed E-state index contributed by atoms with van der Waals surface area (Å²) in [4.78, 5) is 28.7. The van der Waals surface area contributed by atoms with Crippen molar-refractivity contribution in [2.24, 2.45) is 0 Å². The standard InChI is InChI=1S/C27H25F3N2O3/c1-35-15-14-32-24(19-9-3-2-4-10-19)23(21-12-5-6-13-22(21)26(32)34)25(33)31-17-18-8-7-11-20(16-18)27(28,29)30/h2-13,16,23-24H,14-15,17H2,1H3,(H,31,33)/t23-,24+/m0/s1. The molecule has 0 spiro atoms. The van der Waals surface area contributed by atoms with Crippen molar-refractivity contribution >= 4 is 11.8 Å². The van der Waals surface area contributed by atoms with E-state index in [-0.39, 0.29) is 31.5 Å². The molecule has 1 heterocycles. The first-order valence-electron chi connectivity index (χ1n) is 11.2. The Morgan fingerprint density at radius 2 is 1.71 bits per heavy atom. The van der Waals surface area contributed by atoms with E-state index in [1.807, 2.05) is 30.3 Å². The summed E-state index contributed by atoms with van der Waals surface area (Å²) in [6, 6.07) is 20.5. The van der Waals surface area contributed by atoms with Crippen molar-refractivity contribution in [2.75, 3.05) is 20.3 Å². The zero-order valence-corrected chi connectivity index (χ0v) is 19.1. The number of carbonyl (C=O) groups is 2. The molecule has 2 atom stereocenters. The minimum absolute atomic E-state index is 0.0745. The van der Waals surface area contributed by atoms with Crippen LogP contribution in [0.2, 0.25) is 0 Å². The predicted octanol–water partition coefficient (Wildman–Crippen LogP) is 4.95. The van der Waals surface area contributed by atoms with Crippen LogP contribution in [0.5, 0.6) is 0 Å². The number of nitrogens with one attached hydrogen (secondary N) is 1. The van der Waals surface area contributed by atoms with E-state index in [0.717, 1.165) is 17.7 Å². The van der Waals surface area contributed by atoms with Crippen molar-refractivity contribution in [3.8, 4) is 0 Å². The first-order valence-corrected chi connectivity index (χ1v) is 11.2. The minimum atomic E-state index is -4.47. The summed E-state index contributed by atoms with van der Waals surface area (Å²) >= 11 is 0. The number of carbonyl (C=O) groups excluding carboxylic acids is 2. The van der Waals surface area contributed by atoms with Gasteiger partial charge in [-0.15, -0.1) is 0 Å². The van der Waals surface area contributed by atoms with E-state index in [4.69, 9.17) is 4.74 Å². The summed E-state index contributed by atoms with van der Waals surface area (Å²) in [5, 5.41) is 2.80. The van der Waals surface area contributed by atoms with Crippen LogP contribution < -0.4 is 5.32 Å². The van der Waals surface area contributed by atoms with Gasteiger partial charge in [0.25, 0.3) is 5.91 Å². The highest BCUT2D eigenvalue weighted by molar-refractivity contribution is 6.01. The van der Waals surface area contributed by atoms with Crippen molar-refractivity contribution in [1.29, 1.82) is 0 Å². The molecule has 0 saturated carbocycles. The number of hydrogen-bond acceptors (Lipinski definition) is 3. The van der Waals surface area contributed by atoms with Crippen LogP contribution in [-0.2, 0) is 22.3 Å². The first-order chi connectivity index (χ1) is 16.8. The molecular weight excluding hydrogens is 457 g/mol. The summed E-state index contributed by atoms with van der Waals surface area (Å²) in [5.41, 5.74) is 1.36. The highest BCUT2D eigenvalue weighted by atomic mass is 19.4. The molecule has 0 radical (unpaired) electrons. The average Bonchev–Trinajstić information content (AvgIpc) is 2.87. The number of benzene rings is 3. The summed E-state index contributed by atoms with van der Waals surface area (Å²) in [7, 11) is 1.54. The number of ether oxygens (including phenoxy) is 1. The Kier molecular flexibility index (Phi) is 7.21. The molecule has 0 unspecified atom stereocenters. The van der Waals surface area contributed by atoms with Crippen molar-refractivity contribution in [1.82, 2.24) is 10.2 Å². The summed E-state index contributed by atoms with van der Waals surface area (Å²) in [5.74, 6) is -1.33. The number of hydrogen-bond donors (Lipinski definition) is 1. The third kappa shape index (κ3) is 5.22. The average molecular weight is 483 g/mol. The Labute approximate surface area is 201 Å². The Bertz CT molecular complexity index is 1200. The normalized spacial score (nSPS) is 17.7. The fraction of sp³-hybridized carbons (Fsp3) is 0.259. The molecular formula is C27H25F3N2O3. The SMILES string of the molecule is COCCN1C(=O)c2ccccc2[C@H](C(=O)NCc2cccc(C(F)(F)F)c2)[C@H]1c1ccccc1. The molecule has 3 aromatic carbocycles. The summed E-state index contributed by atoms with van der Waals surface area (Å²) in [6.45, 7) is 0.491. The number of rotatable bonds is 7. The van der Waals surface area contributed by atoms with Gasteiger partial charge in [0.1, 0.15) is 0 Å². The van der Waals surface area contributed by atoms with E-state index in [9.17, 15) is 22.8 Å². The van der Waals surface area contributed by atoms with Gasteiger partial charge < -0.3 is 15.0 Å². The summed E-state index contributed by atoms with van der Waals surface area (Å²) < 4.78 is 44.5. The zero-order valence-electron chi connectivity index (χ0n) is 19.1. The monoisotopic (exact) mass is 482 g/mol. The number of fused-ring (bicyclic) bond motifs is 1. The van der Waals surface area contributed by atoms with Crippen LogP contribution in [-0.4, -0.2) is 37.0 Å². The van der Waals surface area contributed by atoms with Gasteiger partial charge in [0.15, 0.2) is 0 Å². The van der Waals surface area contributed by atoms with Gasteiger partial charge in [0, 0.05) is 25.8 Å². The quantitative estimate of drug-likeness (QED) is 0.519. The third-order valence-electron chi connectivity index (χ3n) is 6.12. The smallest absolute Gasteiger partial charge is 0.383 e. The van der Waals surface area contributed by atoms with Crippen molar-refractivity contribution in [3.05, 3.63) is 107 Å². The van der Waals surface area contributed by atoms with Gasteiger partial charge in [0.05, 0.1) is 24.1 Å². The third-order valence-corrected chi connectivity index (χ3v) is 6.12. The van der Waals surface area contributed by atoms with Crippen LogP contribution >= 0.6 is 0 Å². The molecule has 0 saturated heterocycles. The molecule has 0 aromatic heterocycles. The Morgan fingerprint density at radius 3 is 2.43 bits per heavy atom. The van der Waals surface area contributed by atoms with Gasteiger partial charge in [-0.05, 0) is 34.9 Å². The van der Waals surface area contributed by atoms with Crippen LogP contribution in [0.1, 0.15) is 44.6 Å². The van der Waals surface area contributed by atoms with E-state index in [1.54, 1.807) is 36.3 Å². The molecule has 182 valence electrons. The molecule has 0 fully saturated rings. The number of nitrogens with zero attached hydrogens (tertiary/aromatic N) is 1. The topological polar surface area (TPSA) is 58.6 Å². The van der Waals surface area contributed by atoms with Crippen LogP contribution in [0, 0.1) is 0 Å². The van der Waals surface area contributed by atoms with Crippen molar-refractivity contribution < 1.29 is 27.5 Å². The van der Waals surface area contributed by atoms with E-state index in [2.05, 4.69) is 5.32 Å². The molecule has 1 aliphatic rings. The fourth-order valence-electron chi connectivity index (χ4n) is 4.49. The van der Waals surface area contributed by atoms with Gasteiger partial charge in [-0.25, -0.2) is 0 Å².